The van der Waals surface area contributed by atoms with Gasteiger partial charge in [-0.3, -0.25) is 11.3 Å². The van der Waals surface area contributed by atoms with E-state index in [-0.39, 0.29) is 6.04 Å². The highest BCUT2D eigenvalue weighted by atomic mass is 16.5. The molecule has 0 bridgehead atoms. The molecule has 6 nitrogen and oxygen atoms in total. The van der Waals surface area contributed by atoms with Crippen molar-refractivity contribution in [3.8, 4) is 11.5 Å². The van der Waals surface area contributed by atoms with Crippen LogP contribution in [0.3, 0.4) is 0 Å². The Morgan fingerprint density at radius 1 is 1.30 bits per heavy atom. The normalized spacial score (nSPS) is 17.8. The van der Waals surface area contributed by atoms with Crippen molar-refractivity contribution >= 4 is 5.69 Å². The predicted octanol–water partition coefficient (Wildman–Crippen LogP) is 0.892. The minimum atomic E-state index is 0.195. The molecule has 0 radical (unpaired) electrons. The molecule has 0 amide bonds. The van der Waals surface area contributed by atoms with E-state index >= 15 is 0 Å². The molecule has 0 aliphatic carbocycles. The maximum Gasteiger partial charge on any atom is 0.162 e. The number of nitrogens with one attached hydrogen (secondary N) is 1. The summed E-state index contributed by atoms with van der Waals surface area (Å²) in [6, 6.07) is 4.21. The first kappa shape index (κ1) is 14.9. The van der Waals surface area contributed by atoms with Gasteiger partial charge in [0.15, 0.2) is 11.5 Å². The summed E-state index contributed by atoms with van der Waals surface area (Å²) in [5.74, 6) is 7.07. The largest absolute Gasteiger partial charge is 0.493 e. The number of anilines is 1. The monoisotopic (exact) mass is 281 g/mol. The summed E-state index contributed by atoms with van der Waals surface area (Å²) in [6.07, 6.45) is 0.856. The Kier molecular flexibility index (Phi) is 5.05. The zero-order valence-electron chi connectivity index (χ0n) is 12.3. The molecule has 1 aromatic carbocycles. The van der Waals surface area contributed by atoms with Gasteiger partial charge in [0.2, 0.25) is 0 Å². The number of nitrogens with zero attached hydrogens (tertiary/aromatic N) is 1. The van der Waals surface area contributed by atoms with E-state index in [1.54, 1.807) is 14.2 Å². The van der Waals surface area contributed by atoms with E-state index in [2.05, 4.69) is 10.3 Å². The highest BCUT2D eigenvalue weighted by Gasteiger charge is 2.25. The summed E-state index contributed by atoms with van der Waals surface area (Å²) in [6.45, 7) is 4.01. The van der Waals surface area contributed by atoms with E-state index < -0.39 is 0 Å². The van der Waals surface area contributed by atoms with Crippen molar-refractivity contribution in [3.63, 3.8) is 0 Å². The minimum absolute atomic E-state index is 0.195. The first-order valence-corrected chi connectivity index (χ1v) is 6.77. The molecule has 0 unspecified atom stereocenters. The van der Waals surface area contributed by atoms with Crippen molar-refractivity contribution in [3.05, 3.63) is 17.7 Å². The van der Waals surface area contributed by atoms with Crippen molar-refractivity contribution in [2.45, 2.75) is 19.4 Å². The Hall–Kier alpha value is -1.50. The van der Waals surface area contributed by atoms with Crippen LogP contribution < -0.4 is 25.6 Å². The molecule has 1 aliphatic heterocycles. The summed E-state index contributed by atoms with van der Waals surface area (Å²) >= 11 is 0. The fraction of sp³-hybridized carbons (Fsp3) is 0.571. The number of hydrogen-bond acceptors (Lipinski definition) is 6. The lowest BCUT2D eigenvalue weighted by Crippen LogP contribution is -2.49. The average molecular weight is 281 g/mol. The molecule has 1 aliphatic rings. The van der Waals surface area contributed by atoms with E-state index in [0.717, 1.165) is 30.2 Å². The quantitative estimate of drug-likeness (QED) is 0.596. The number of ether oxygens (including phenoxy) is 3. The average Bonchev–Trinajstić information content (AvgIpc) is 2.50. The molecule has 6 heteroatoms. The summed E-state index contributed by atoms with van der Waals surface area (Å²) in [7, 11) is 3.29. The van der Waals surface area contributed by atoms with Gasteiger partial charge < -0.3 is 19.1 Å². The number of hydrazine groups is 1. The third kappa shape index (κ3) is 2.98. The standard InChI is InChI=1S/C14H23N3O3/c1-4-20-9-17-8-11(16-15)5-10-6-13(18-2)14(19-3)7-12(10)17/h6-7,11,16H,4-5,8-9,15H2,1-3H3/t11-/m0/s1. The van der Waals surface area contributed by atoms with Crippen molar-refractivity contribution in [2.24, 2.45) is 5.84 Å². The van der Waals surface area contributed by atoms with Gasteiger partial charge in [-0.2, -0.15) is 0 Å². The summed E-state index contributed by atoms with van der Waals surface area (Å²) in [4.78, 5) is 2.16. The maximum atomic E-state index is 5.60. The molecule has 112 valence electrons. The van der Waals surface area contributed by atoms with Gasteiger partial charge in [0, 0.05) is 30.9 Å². The molecule has 1 heterocycles. The lowest BCUT2D eigenvalue weighted by molar-refractivity contribution is 0.144. The maximum absolute atomic E-state index is 5.60. The van der Waals surface area contributed by atoms with Crippen LogP contribution in [0.15, 0.2) is 12.1 Å². The molecule has 2 rings (SSSR count). The first-order chi connectivity index (χ1) is 9.73. The van der Waals surface area contributed by atoms with E-state index in [4.69, 9.17) is 20.1 Å². The van der Waals surface area contributed by atoms with Gasteiger partial charge in [-0.05, 0) is 25.0 Å². The molecule has 1 atom stereocenters. The molecule has 0 spiro atoms. The summed E-state index contributed by atoms with van der Waals surface area (Å²) in [5, 5.41) is 0. The number of hydrogen-bond donors (Lipinski definition) is 2. The number of rotatable bonds is 6. The van der Waals surface area contributed by atoms with Crippen molar-refractivity contribution in [1.82, 2.24) is 5.43 Å². The number of fused-ring (bicyclic) bond motifs is 1. The van der Waals surface area contributed by atoms with Crippen LogP contribution in [0, 0.1) is 0 Å². The number of benzene rings is 1. The second-order valence-corrected chi connectivity index (χ2v) is 4.75. The van der Waals surface area contributed by atoms with Crippen LogP contribution in [0.5, 0.6) is 11.5 Å². The second-order valence-electron chi connectivity index (χ2n) is 4.75. The molecular formula is C14H23N3O3. The minimum Gasteiger partial charge on any atom is -0.493 e. The molecule has 0 saturated heterocycles. The van der Waals surface area contributed by atoms with Crippen LogP contribution in [-0.4, -0.2) is 40.1 Å². The highest BCUT2D eigenvalue weighted by molar-refractivity contribution is 5.63. The van der Waals surface area contributed by atoms with Crippen LogP contribution >= 0.6 is 0 Å². The number of methoxy groups -OCH3 is 2. The molecule has 0 aromatic heterocycles. The van der Waals surface area contributed by atoms with E-state index in [9.17, 15) is 0 Å². The number of nitrogens with two attached hydrogens (primary N) is 1. The van der Waals surface area contributed by atoms with Crippen LogP contribution in [0.2, 0.25) is 0 Å². The molecule has 0 fully saturated rings. The molecule has 3 N–H and O–H groups in total. The summed E-state index contributed by atoms with van der Waals surface area (Å²) < 4.78 is 16.3. The lowest BCUT2D eigenvalue weighted by atomic mass is 9.98. The third-order valence-corrected chi connectivity index (χ3v) is 3.52. The van der Waals surface area contributed by atoms with Crippen LogP contribution in [-0.2, 0) is 11.2 Å². The molecule has 1 aromatic rings. The Bertz CT molecular complexity index is 454. The fourth-order valence-corrected chi connectivity index (χ4v) is 2.50. The van der Waals surface area contributed by atoms with Gasteiger partial charge in [-0.15, -0.1) is 0 Å². The topological polar surface area (TPSA) is 69.0 Å². The highest BCUT2D eigenvalue weighted by Crippen LogP contribution is 2.37. The molecule has 20 heavy (non-hydrogen) atoms. The Morgan fingerprint density at radius 3 is 2.60 bits per heavy atom. The van der Waals surface area contributed by atoms with Gasteiger partial charge in [0.25, 0.3) is 0 Å². The van der Waals surface area contributed by atoms with Gasteiger partial charge in [0.05, 0.1) is 14.2 Å². The Balaban J connectivity index is 2.35. The molecule has 0 saturated carbocycles. The van der Waals surface area contributed by atoms with Crippen molar-refractivity contribution in [1.29, 1.82) is 0 Å². The lowest BCUT2D eigenvalue weighted by Gasteiger charge is -2.36. The SMILES string of the molecule is CCOCN1C[C@@H](NN)Cc2cc(OC)c(OC)cc21. The smallest absolute Gasteiger partial charge is 0.162 e. The zero-order chi connectivity index (χ0) is 14.5. The van der Waals surface area contributed by atoms with Crippen molar-refractivity contribution in [2.75, 3.05) is 39.0 Å². The van der Waals surface area contributed by atoms with E-state index in [1.807, 2.05) is 19.1 Å². The van der Waals surface area contributed by atoms with Gasteiger partial charge >= 0.3 is 0 Å². The Labute approximate surface area is 119 Å². The zero-order valence-corrected chi connectivity index (χ0v) is 12.3. The van der Waals surface area contributed by atoms with E-state index in [0.29, 0.717) is 13.3 Å². The van der Waals surface area contributed by atoms with Gasteiger partial charge in [-0.25, -0.2) is 0 Å². The summed E-state index contributed by atoms with van der Waals surface area (Å²) in [5.41, 5.74) is 5.14. The van der Waals surface area contributed by atoms with E-state index in [1.165, 1.54) is 5.56 Å². The second kappa shape index (κ2) is 6.78. The van der Waals surface area contributed by atoms with Crippen LogP contribution in [0.25, 0.3) is 0 Å². The first-order valence-electron chi connectivity index (χ1n) is 6.77. The van der Waals surface area contributed by atoms with Crippen molar-refractivity contribution < 1.29 is 14.2 Å². The van der Waals surface area contributed by atoms with Crippen LogP contribution in [0.1, 0.15) is 12.5 Å². The van der Waals surface area contributed by atoms with Crippen LogP contribution in [0.4, 0.5) is 5.69 Å². The third-order valence-electron chi connectivity index (χ3n) is 3.52. The fourth-order valence-electron chi connectivity index (χ4n) is 2.50. The Morgan fingerprint density at radius 2 is 2.00 bits per heavy atom. The van der Waals surface area contributed by atoms with Gasteiger partial charge in [0.1, 0.15) is 6.73 Å². The predicted molar refractivity (Wildman–Crippen MR) is 78.2 cm³/mol. The molecular weight excluding hydrogens is 258 g/mol. The van der Waals surface area contributed by atoms with Gasteiger partial charge in [-0.1, -0.05) is 0 Å².